The third-order valence-corrected chi connectivity index (χ3v) is 6.61. The molecule has 10 heteroatoms. The summed E-state index contributed by atoms with van der Waals surface area (Å²) >= 11 is 1.33. The number of methoxy groups -OCH3 is 1. The highest BCUT2D eigenvalue weighted by molar-refractivity contribution is 7.92. The molecule has 3 aromatic rings. The molecule has 2 aromatic carbocycles. The maximum absolute atomic E-state index is 12.2. The number of aromatic nitrogens is 1. The molecule has 0 fully saturated rings. The van der Waals surface area contributed by atoms with Crippen LogP contribution in [0.15, 0.2) is 53.9 Å². The van der Waals surface area contributed by atoms with Crippen molar-refractivity contribution in [2.24, 2.45) is 0 Å². The van der Waals surface area contributed by atoms with Crippen molar-refractivity contribution in [3.05, 3.63) is 53.9 Å². The minimum atomic E-state index is -3.31. The van der Waals surface area contributed by atoms with Crippen LogP contribution in [0.3, 0.4) is 0 Å². The lowest BCUT2D eigenvalue weighted by Crippen LogP contribution is -2.24. The number of anilines is 2. The summed E-state index contributed by atoms with van der Waals surface area (Å²) in [5, 5.41) is 5.16. The average Bonchev–Trinajstić information content (AvgIpc) is 3.24. The molecule has 170 valence electrons. The van der Waals surface area contributed by atoms with Gasteiger partial charge in [0.2, 0.25) is 15.9 Å². The molecule has 0 bridgehead atoms. The molecule has 0 unspecified atom stereocenters. The van der Waals surface area contributed by atoms with E-state index in [1.165, 1.54) is 22.7 Å². The van der Waals surface area contributed by atoms with Crippen LogP contribution in [-0.4, -0.2) is 46.3 Å². The highest BCUT2D eigenvalue weighted by atomic mass is 32.2. The van der Waals surface area contributed by atoms with Crippen LogP contribution in [0.25, 0.3) is 11.3 Å². The zero-order valence-corrected chi connectivity index (χ0v) is 19.7. The SMILES string of the molecule is COc1ccc(OCCCC(=O)Nc2nc(-c3ccc(N(C)S(C)(=O)=O)cc3)cs2)cc1. The molecule has 32 heavy (non-hydrogen) atoms. The minimum absolute atomic E-state index is 0.130. The molecule has 1 aromatic heterocycles. The summed E-state index contributed by atoms with van der Waals surface area (Å²) in [7, 11) is -0.203. The summed E-state index contributed by atoms with van der Waals surface area (Å²) in [5.74, 6) is 1.36. The van der Waals surface area contributed by atoms with E-state index in [2.05, 4.69) is 10.3 Å². The van der Waals surface area contributed by atoms with Gasteiger partial charge in [0, 0.05) is 24.4 Å². The summed E-state index contributed by atoms with van der Waals surface area (Å²) in [6, 6.07) is 14.3. The molecule has 0 saturated heterocycles. The van der Waals surface area contributed by atoms with E-state index in [-0.39, 0.29) is 5.91 Å². The van der Waals surface area contributed by atoms with Crippen LogP contribution in [0, 0.1) is 0 Å². The molecule has 1 N–H and O–H groups in total. The van der Waals surface area contributed by atoms with Crippen molar-refractivity contribution >= 4 is 38.1 Å². The first-order valence-corrected chi connectivity index (χ1v) is 12.6. The van der Waals surface area contributed by atoms with Gasteiger partial charge in [0.25, 0.3) is 0 Å². The first-order chi connectivity index (χ1) is 15.3. The van der Waals surface area contributed by atoms with Crippen molar-refractivity contribution in [2.75, 3.05) is 36.6 Å². The van der Waals surface area contributed by atoms with Gasteiger partial charge in [0.15, 0.2) is 5.13 Å². The van der Waals surface area contributed by atoms with Crippen LogP contribution in [0.5, 0.6) is 11.5 Å². The number of rotatable bonds is 10. The first-order valence-electron chi connectivity index (χ1n) is 9.83. The van der Waals surface area contributed by atoms with Crippen LogP contribution >= 0.6 is 11.3 Å². The van der Waals surface area contributed by atoms with E-state index < -0.39 is 10.0 Å². The fraction of sp³-hybridized carbons (Fsp3) is 0.273. The number of hydrogen-bond donors (Lipinski definition) is 1. The largest absolute Gasteiger partial charge is 0.497 e. The second-order valence-electron chi connectivity index (χ2n) is 6.99. The third-order valence-electron chi connectivity index (χ3n) is 4.65. The van der Waals surface area contributed by atoms with E-state index in [1.54, 1.807) is 31.4 Å². The van der Waals surface area contributed by atoms with Crippen molar-refractivity contribution in [3.63, 3.8) is 0 Å². The van der Waals surface area contributed by atoms with Gasteiger partial charge in [-0.3, -0.25) is 9.10 Å². The lowest BCUT2D eigenvalue weighted by Gasteiger charge is -2.16. The Bertz CT molecular complexity index is 1140. The van der Waals surface area contributed by atoms with Crippen molar-refractivity contribution in [1.82, 2.24) is 4.98 Å². The van der Waals surface area contributed by atoms with E-state index in [1.807, 2.05) is 29.6 Å². The van der Waals surface area contributed by atoms with Crippen molar-refractivity contribution < 1.29 is 22.7 Å². The third kappa shape index (κ3) is 6.44. The molecule has 0 spiro atoms. The Labute approximate surface area is 191 Å². The van der Waals surface area contributed by atoms with Gasteiger partial charge in [-0.05, 0) is 42.8 Å². The molecule has 0 radical (unpaired) electrons. The number of nitrogens with zero attached hydrogens (tertiary/aromatic N) is 2. The molecule has 8 nitrogen and oxygen atoms in total. The van der Waals surface area contributed by atoms with Crippen LogP contribution in [0.4, 0.5) is 10.8 Å². The van der Waals surface area contributed by atoms with Gasteiger partial charge in [-0.25, -0.2) is 13.4 Å². The maximum Gasteiger partial charge on any atom is 0.231 e. The van der Waals surface area contributed by atoms with Crippen LogP contribution in [-0.2, 0) is 14.8 Å². The number of thiazole rings is 1. The van der Waals surface area contributed by atoms with Gasteiger partial charge in [-0.1, -0.05) is 12.1 Å². The van der Waals surface area contributed by atoms with Crippen LogP contribution in [0.1, 0.15) is 12.8 Å². The summed E-state index contributed by atoms with van der Waals surface area (Å²) < 4.78 is 35.2. The van der Waals surface area contributed by atoms with E-state index in [0.717, 1.165) is 23.3 Å². The summed E-state index contributed by atoms with van der Waals surface area (Å²) in [5.41, 5.74) is 2.11. The fourth-order valence-corrected chi connectivity index (χ4v) is 4.01. The summed E-state index contributed by atoms with van der Waals surface area (Å²) in [6.45, 7) is 0.428. The first kappa shape index (κ1) is 23.6. The smallest absolute Gasteiger partial charge is 0.231 e. The Morgan fingerprint density at radius 3 is 2.38 bits per heavy atom. The fourth-order valence-electron chi connectivity index (χ4n) is 2.77. The van der Waals surface area contributed by atoms with Gasteiger partial charge in [0.05, 0.1) is 31.4 Å². The average molecular weight is 476 g/mol. The zero-order chi connectivity index (χ0) is 23.1. The molecule has 1 amide bonds. The minimum Gasteiger partial charge on any atom is -0.497 e. The Balaban J connectivity index is 1.47. The van der Waals surface area contributed by atoms with Gasteiger partial charge < -0.3 is 14.8 Å². The standard InChI is InChI=1S/C22H25N3O5S2/c1-25(32(3,27)28)17-8-6-16(7-9-17)20-15-31-22(23-20)24-21(26)5-4-14-30-19-12-10-18(29-2)11-13-19/h6-13,15H,4-5,14H2,1-3H3,(H,23,24,26). The monoisotopic (exact) mass is 475 g/mol. The number of ether oxygens (including phenoxy) is 2. The topological polar surface area (TPSA) is 97.8 Å². The maximum atomic E-state index is 12.2. The number of sulfonamides is 1. The van der Waals surface area contributed by atoms with E-state index in [0.29, 0.717) is 36.0 Å². The number of benzene rings is 2. The quantitative estimate of drug-likeness (QED) is 0.445. The Morgan fingerprint density at radius 1 is 1.09 bits per heavy atom. The molecule has 0 saturated carbocycles. The van der Waals surface area contributed by atoms with E-state index >= 15 is 0 Å². The summed E-state index contributed by atoms with van der Waals surface area (Å²) in [6.07, 6.45) is 2.05. The highest BCUT2D eigenvalue weighted by Crippen LogP contribution is 2.27. The lowest BCUT2D eigenvalue weighted by atomic mass is 10.1. The number of carbonyl (C=O) groups excluding carboxylic acids is 1. The molecular formula is C22H25N3O5S2. The number of hydrogen-bond acceptors (Lipinski definition) is 7. The second-order valence-corrected chi connectivity index (χ2v) is 9.86. The van der Waals surface area contributed by atoms with Gasteiger partial charge >= 0.3 is 0 Å². The molecule has 1 heterocycles. The predicted octanol–water partition coefficient (Wildman–Crippen LogP) is 4.01. The molecule has 3 rings (SSSR count). The molecular weight excluding hydrogens is 450 g/mol. The number of amides is 1. The van der Waals surface area contributed by atoms with Gasteiger partial charge in [-0.2, -0.15) is 0 Å². The Kier molecular flexibility index (Phi) is 7.70. The van der Waals surface area contributed by atoms with E-state index in [9.17, 15) is 13.2 Å². The highest BCUT2D eigenvalue weighted by Gasteiger charge is 2.13. The van der Waals surface area contributed by atoms with Gasteiger partial charge in [-0.15, -0.1) is 11.3 Å². The zero-order valence-electron chi connectivity index (χ0n) is 18.1. The Hall–Kier alpha value is -3.11. The Morgan fingerprint density at radius 2 is 1.75 bits per heavy atom. The summed E-state index contributed by atoms with van der Waals surface area (Å²) in [4.78, 5) is 16.6. The molecule has 0 aliphatic rings. The predicted molar refractivity (Wildman–Crippen MR) is 127 cm³/mol. The molecule has 0 aliphatic heterocycles. The number of carbonyl (C=O) groups is 1. The molecule has 0 atom stereocenters. The van der Waals surface area contributed by atoms with Crippen LogP contribution in [0.2, 0.25) is 0 Å². The molecule has 0 aliphatic carbocycles. The van der Waals surface area contributed by atoms with Crippen molar-refractivity contribution in [1.29, 1.82) is 0 Å². The van der Waals surface area contributed by atoms with Crippen molar-refractivity contribution in [3.8, 4) is 22.8 Å². The van der Waals surface area contributed by atoms with Gasteiger partial charge in [0.1, 0.15) is 11.5 Å². The number of nitrogens with one attached hydrogen (secondary N) is 1. The second kappa shape index (κ2) is 10.5. The normalized spacial score (nSPS) is 11.1. The van der Waals surface area contributed by atoms with Crippen LogP contribution < -0.4 is 19.1 Å². The lowest BCUT2D eigenvalue weighted by molar-refractivity contribution is -0.116. The van der Waals surface area contributed by atoms with Crippen molar-refractivity contribution in [2.45, 2.75) is 12.8 Å². The van der Waals surface area contributed by atoms with E-state index in [4.69, 9.17) is 9.47 Å².